The van der Waals surface area contributed by atoms with Crippen LogP contribution in [0.25, 0.3) is 0 Å². The molecule has 1 nitrogen and oxygen atoms in total. The van der Waals surface area contributed by atoms with Crippen LogP contribution in [0.5, 0.6) is 0 Å². The lowest BCUT2D eigenvalue weighted by Gasteiger charge is -2.15. The Balaban J connectivity index is 1.78. The van der Waals surface area contributed by atoms with Crippen LogP contribution in [-0.2, 0) is 13.0 Å². The van der Waals surface area contributed by atoms with Crippen LogP contribution in [0.1, 0.15) is 60.9 Å². The maximum atomic E-state index is 3.64. The zero-order valence-electron chi connectivity index (χ0n) is 15.3. The Morgan fingerprint density at radius 2 is 1.48 bits per heavy atom. The van der Waals surface area contributed by atoms with Crippen molar-refractivity contribution in [3.63, 3.8) is 0 Å². The Bertz CT molecular complexity index is 610. The molecule has 0 spiro atoms. The molecule has 1 unspecified atom stereocenters. The highest BCUT2D eigenvalue weighted by atomic mass is 14.9. The molecule has 0 aliphatic rings. The molecule has 0 fully saturated rings. The first-order valence-electron chi connectivity index (χ1n) is 8.84. The fourth-order valence-corrected chi connectivity index (χ4v) is 2.76. The van der Waals surface area contributed by atoms with Gasteiger partial charge in [0.25, 0.3) is 0 Å². The fraction of sp³-hybridized carbons (Fsp3) is 0.455. The summed E-state index contributed by atoms with van der Waals surface area (Å²) >= 11 is 0. The molecule has 23 heavy (non-hydrogen) atoms. The molecule has 2 aromatic rings. The van der Waals surface area contributed by atoms with E-state index in [4.69, 9.17) is 0 Å². The van der Waals surface area contributed by atoms with Crippen molar-refractivity contribution in [2.24, 2.45) is 0 Å². The van der Waals surface area contributed by atoms with Gasteiger partial charge in [0, 0.05) is 12.6 Å². The van der Waals surface area contributed by atoms with Gasteiger partial charge in [0.2, 0.25) is 0 Å². The quantitative estimate of drug-likeness (QED) is 0.708. The lowest BCUT2D eigenvalue weighted by atomic mass is 10.0. The van der Waals surface area contributed by atoms with Crippen molar-refractivity contribution < 1.29 is 0 Å². The molecule has 0 heterocycles. The van der Waals surface area contributed by atoms with Gasteiger partial charge in [-0.15, -0.1) is 0 Å². The summed E-state index contributed by atoms with van der Waals surface area (Å²) in [7, 11) is 0. The zero-order chi connectivity index (χ0) is 16.8. The Labute approximate surface area is 142 Å². The average Bonchev–Trinajstić information content (AvgIpc) is 2.54. The second-order valence-electron chi connectivity index (χ2n) is 7.14. The Morgan fingerprint density at radius 1 is 0.826 bits per heavy atom. The summed E-state index contributed by atoms with van der Waals surface area (Å²) in [6, 6.07) is 16.4. The summed E-state index contributed by atoms with van der Waals surface area (Å²) in [6.45, 7) is 12.1. The molecule has 2 rings (SSSR count). The molecule has 1 heteroatoms. The number of aryl methyl sites for hydroxylation is 3. The molecule has 0 aliphatic carbocycles. The SMILES string of the molecule is Cc1ccc(CCC(C)NCc2ccc(C(C)C)cc2)cc1C. The van der Waals surface area contributed by atoms with Crippen molar-refractivity contribution in [1.82, 2.24) is 5.32 Å². The molecule has 0 aromatic heterocycles. The van der Waals surface area contributed by atoms with E-state index in [9.17, 15) is 0 Å². The third-order valence-electron chi connectivity index (χ3n) is 4.74. The normalized spacial score (nSPS) is 12.6. The van der Waals surface area contributed by atoms with Crippen molar-refractivity contribution in [1.29, 1.82) is 0 Å². The summed E-state index contributed by atoms with van der Waals surface area (Å²) in [5.74, 6) is 0.605. The number of rotatable bonds is 7. The monoisotopic (exact) mass is 309 g/mol. The van der Waals surface area contributed by atoms with Crippen LogP contribution < -0.4 is 5.32 Å². The van der Waals surface area contributed by atoms with Gasteiger partial charge in [-0.25, -0.2) is 0 Å². The fourth-order valence-electron chi connectivity index (χ4n) is 2.76. The summed E-state index contributed by atoms with van der Waals surface area (Å²) in [6.07, 6.45) is 2.31. The Morgan fingerprint density at radius 3 is 2.09 bits per heavy atom. The van der Waals surface area contributed by atoms with E-state index in [1.807, 2.05) is 0 Å². The van der Waals surface area contributed by atoms with Crippen LogP contribution >= 0.6 is 0 Å². The number of hydrogen-bond donors (Lipinski definition) is 1. The summed E-state index contributed by atoms with van der Waals surface area (Å²) < 4.78 is 0. The van der Waals surface area contributed by atoms with Gasteiger partial charge >= 0.3 is 0 Å². The molecule has 0 aliphatic heterocycles. The van der Waals surface area contributed by atoms with Gasteiger partial charge < -0.3 is 5.32 Å². The maximum absolute atomic E-state index is 3.64. The summed E-state index contributed by atoms with van der Waals surface area (Å²) in [4.78, 5) is 0. The molecule has 0 saturated heterocycles. The van der Waals surface area contributed by atoms with Crippen LogP contribution in [0.2, 0.25) is 0 Å². The van der Waals surface area contributed by atoms with Gasteiger partial charge in [-0.2, -0.15) is 0 Å². The van der Waals surface area contributed by atoms with Gasteiger partial charge in [-0.1, -0.05) is 56.3 Å². The maximum Gasteiger partial charge on any atom is 0.0207 e. The minimum absolute atomic E-state index is 0.529. The van der Waals surface area contributed by atoms with Crippen LogP contribution in [0.3, 0.4) is 0 Å². The Kier molecular flexibility index (Phi) is 6.41. The minimum atomic E-state index is 0.529. The predicted octanol–water partition coefficient (Wildman–Crippen LogP) is 5.54. The molecule has 1 N–H and O–H groups in total. The van der Waals surface area contributed by atoms with Gasteiger partial charge in [-0.3, -0.25) is 0 Å². The smallest absolute Gasteiger partial charge is 0.0207 e. The van der Waals surface area contributed by atoms with Crippen LogP contribution in [0, 0.1) is 13.8 Å². The van der Waals surface area contributed by atoms with Crippen molar-refractivity contribution >= 4 is 0 Å². The van der Waals surface area contributed by atoms with Gasteiger partial charge in [0.15, 0.2) is 0 Å². The lowest BCUT2D eigenvalue weighted by Crippen LogP contribution is -2.26. The minimum Gasteiger partial charge on any atom is -0.310 e. The van der Waals surface area contributed by atoms with Crippen molar-refractivity contribution in [3.8, 4) is 0 Å². The molecule has 0 radical (unpaired) electrons. The van der Waals surface area contributed by atoms with E-state index < -0.39 is 0 Å². The number of nitrogens with one attached hydrogen (secondary N) is 1. The summed E-state index contributed by atoms with van der Waals surface area (Å²) in [5.41, 5.74) is 7.00. The number of benzene rings is 2. The highest BCUT2D eigenvalue weighted by molar-refractivity contribution is 5.30. The van der Waals surface area contributed by atoms with E-state index >= 15 is 0 Å². The molecule has 1 atom stereocenters. The van der Waals surface area contributed by atoms with Crippen LogP contribution in [0.15, 0.2) is 42.5 Å². The molecule has 124 valence electrons. The number of hydrogen-bond acceptors (Lipinski definition) is 1. The Hall–Kier alpha value is -1.60. The van der Waals surface area contributed by atoms with Crippen LogP contribution in [0.4, 0.5) is 0 Å². The first-order valence-corrected chi connectivity index (χ1v) is 8.84. The first kappa shape index (κ1) is 17.7. The third-order valence-corrected chi connectivity index (χ3v) is 4.74. The molecule has 2 aromatic carbocycles. The zero-order valence-corrected chi connectivity index (χ0v) is 15.3. The molecule has 0 amide bonds. The predicted molar refractivity (Wildman–Crippen MR) is 101 cm³/mol. The van der Waals surface area contributed by atoms with E-state index in [-0.39, 0.29) is 0 Å². The van der Waals surface area contributed by atoms with Crippen molar-refractivity contribution in [3.05, 3.63) is 70.3 Å². The second-order valence-corrected chi connectivity index (χ2v) is 7.14. The van der Waals surface area contributed by atoms with Gasteiger partial charge in [0.05, 0.1) is 0 Å². The van der Waals surface area contributed by atoms with Crippen LogP contribution in [-0.4, -0.2) is 6.04 Å². The largest absolute Gasteiger partial charge is 0.310 e. The third kappa shape index (κ3) is 5.51. The lowest BCUT2D eigenvalue weighted by molar-refractivity contribution is 0.514. The van der Waals surface area contributed by atoms with E-state index in [1.165, 1.54) is 34.2 Å². The van der Waals surface area contributed by atoms with E-state index in [0.717, 1.165) is 13.0 Å². The molecular formula is C22H31N. The highest BCUT2D eigenvalue weighted by Gasteiger charge is 2.04. The van der Waals surface area contributed by atoms with E-state index in [1.54, 1.807) is 0 Å². The van der Waals surface area contributed by atoms with Crippen molar-refractivity contribution in [2.75, 3.05) is 0 Å². The van der Waals surface area contributed by atoms with E-state index in [0.29, 0.717) is 12.0 Å². The molecular weight excluding hydrogens is 278 g/mol. The average molecular weight is 309 g/mol. The van der Waals surface area contributed by atoms with E-state index in [2.05, 4.69) is 82.4 Å². The topological polar surface area (TPSA) is 12.0 Å². The van der Waals surface area contributed by atoms with Gasteiger partial charge in [0.1, 0.15) is 0 Å². The van der Waals surface area contributed by atoms with Crippen molar-refractivity contribution in [2.45, 2.75) is 66.0 Å². The molecule has 0 bridgehead atoms. The first-order chi connectivity index (χ1) is 11.0. The standard InChI is InChI=1S/C22H31N/c1-16(2)22-12-10-21(11-13-22)15-23-19(5)7-9-20-8-6-17(3)18(4)14-20/h6,8,10-14,16,19,23H,7,9,15H2,1-5H3. The highest BCUT2D eigenvalue weighted by Crippen LogP contribution is 2.15. The van der Waals surface area contributed by atoms with Gasteiger partial charge in [-0.05, 0) is 67.3 Å². The molecule has 0 saturated carbocycles. The second kappa shape index (κ2) is 8.31. The summed E-state index contributed by atoms with van der Waals surface area (Å²) in [5, 5.41) is 3.64.